The van der Waals surface area contributed by atoms with Crippen LogP contribution >= 0.6 is 0 Å². The third-order valence-corrected chi connectivity index (χ3v) is 3.38. The predicted molar refractivity (Wildman–Crippen MR) is 86.7 cm³/mol. The number of nitrogens with zero attached hydrogens (tertiary/aromatic N) is 1. The fourth-order valence-electron chi connectivity index (χ4n) is 2.06. The van der Waals surface area contributed by atoms with Gasteiger partial charge < -0.3 is 14.7 Å². The van der Waals surface area contributed by atoms with E-state index in [-0.39, 0.29) is 13.0 Å². The Morgan fingerprint density at radius 1 is 1.05 bits per heavy atom. The molecule has 0 saturated heterocycles. The van der Waals surface area contributed by atoms with Crippen LogP contribution < -0.4 is 4.90 Å². The molecule has 22 heavy (non-hydrogen) atoms. The van der Waals surface area contributed by atoms with Crippen molar-refractivity contribution in [1.82, 2.24) is 0 Å². The van der Waals surface area contributed by atoms with Crippen molar-refractivity contribution in [2.75, 3.05) is 19.0 Å². The van der Waals surface area contributed by atoms with Crippen LogP contribution in [0.25, 0.3) is 0 Å². The molecule has 0 aromatic heterocycles. The number of esters is 1. The van der Waals surface area contributed by atoms with E-state index < -0.39 is 12.1 Å². The molecule has 0 aliphatic carbocycles. The highest BCUT2D eigenvalue weighted by Gasteiger charge is 2.17. The molecule has 116 valence electrons. The molecule has 0 bridgehead atoms. The SMILES string of the molecule is CN(C)c1ccc(CC(O)C(=O)OCc2ccccc2)cc1. The van der Waals surface area contributed by atoms with Crippen molar-refractivity contribution in [3.8, 4) is 0 Å². The van der Waals surface area contributed by atoms with Gasteiger partial charge in [-0.05, 0) is 23.3 Å². The summed E-state index contributed by atoms with van der Waals surface area (Å²) in [5.74, 6) is -0.597. The van der Waals surface area contributed by atoms with Gasteiger partial charge in [-0.25, -0.2) is 4.79 Å². The first-order valence-corrected chi connectivity index (χ1v) is 7.21. The summed E-state index contributed by atoms with van der Waals surface area (Å²) in [5.41, 5.74) is 2.87. The fourth-order valence-corrected chi connectivity index (χ4v) is 2.06. The van der Waals surface area contributed by atoms with E-state index >= 15 is 0 Å². The lowest BCUT2D eigenvalue weighted by molar-refractivity contribution is -0.154. The number of carbonyl (C=O) groups excluding carboxylic acids is 1. The maximum atomic E-state index is 11.8. The second kappa shape index (κ2) is 7.61. The summed E-state index contributed by atoms with van der Waals surface area (Å²) in [6, 6.07) is 17.1. The summed E-state index contributed by atoms with van der Waals surface area (Å²) in [6.45, 7) is 0.177. The Morgan fingerprint density at radius 3 is 2.27 bits per heavy atom. The molecule has 0 fully saturated rings. The molecule has 0 radical (unpaired) electrons. The van der Waals surface area contributed by atoms with Crippen LogP contribution in [0, 0.1) is 0 Å². The van der Waals surface area contributed by atoms with Gasteiger partial charge in [-0.2, -0.15) is 0 Å². The Morgan fingerprint density at radius 2 is 1.68 bits per heavy atom. The summed E-state index contributed by atoms with van der Waals surface area (Å²) in [4.78, 5) is 13.8. The summed E-state index contributed by atoms with van der Waals surface area (Å²) >= 11 is 0. The highest BCUT2D eigenvalue weighted by Crippen LogP contribution is 2.14. The van der Waals surface area contributed by atoms with E-state index in [1.165, 1.54) is 0 Å². The molecule has 2 aromatic rings. The molecule has 1 N–H and O–H groups in total. The third kappa shape index (κ3) is 4.60. The smallest absolute Gasteiger partial charge is 0.335 e. The number of hydrogen-bond donors (Lipinski definition) is 1. The molecule has 0 spiro atoms. The molecule has 4 nitrogen and oxygen atoms in total. The van der Waals surface area contributed by atoms with Crippen LogP contribution in [0.2, 0.25) is 0 Å². The lowest BCUT2D eigenvalue weighted by Gasteiger charge is -2.14. The minimum Gasteiger partial charge on any atom is -0.459 e. The van der Waals surface area contributed by atoms with Crippen molar-refractivity contribution < 1.29 is 14.6 Å². The number of ether oxygens (including phenoxy) is 1. The number of hydrogen-bond acceptors (Lipinski definition) is 4. The van der Waals surface area contributed by atoms with Gasteiger partial charge in [0.2, 0.25) is 0 Å². The molecule has 0 aliphatic rings. The van der Waals surface area contributed by atoms with Gasteiger partial charge in [0.05, 0.1) is 0 Å². The Balaban J connectivity index is 1.85. The van der Waals surface area contributed by atoms with E-state index in [2.05, 4.69) is 0 Å². The molecule has 0 amide bonds. The first kappa shape index (κ1) is 16.0. The molecular weight excluding hydrogens is 278 g/mol. The van der Waals surface area contributed by atoms with Gasteiger partial charge in [0.15, 0.2) is 6.10 Å². The highest BCUT2D eigenvalue weighted by atomic mass is 16.5. The molecule has 1 unspecified atom stereocenters. The Kier molecular flexibility index (Phi) is 5.55. The van der Waals surface area contributed by atoms with Crippen molar-refractivity contribution in [3.05, 3.63) is 65.7 Å². The van der Waals surface area contributed by atoms with Gasteiger partial charge in [0.1, 0.15) is 6.61 Å². The van der Waals surface area contributed by atoms with E-state index in [4.69, 9.17) is 4.74 Å². The number of anilines is 1. The quantitative estimate of drug-likeness (QED) is 0.832. The zero-order chi connectivity index (χ0) is 15.9. The Hall–Kier alpha value is -2.33. The number of carbonyl (C=O) groups is 1. The second-order valence-corrected chi connectivity index (χ2v) is 5.37. The van der Waals surface area contributed by atoms with Gasteiger partial charge >= 0.3 is 5.97 Å². The maximum absolute atomic E-state index is 11.8. The second-order valence-electron chi connectivity index (χ2n) is 5.37. The zero-order valence-electron chi connectivity index (χ0n) is 12.9. The summed E-state index contributed by atoms with van der Waals surface area (Å²) in [5, 5.41) is 9.94. The van der Waals surface area contributed by atoms with Gasteiger partial charge in [-0.15, -0.1) is 0 Å². The van der Waals surface area contributed by atoms with Crippen molar-refractivity contribution in [2.45, 2.75) is 19.1 Å². The van der Waals surface area contributed by atoms with Crippen LogP contribution in [0.3, 0.4) is 0 Å². The molecule has 2 rings (SSSR count). The van der Waals surface area contributed by atoms with E-state index in [9.17, 15) is 9.90 Å². The Bertz CT molecular complexity index is 593. The standard InChI is InChI=1S/C18H21NO3/c1-19(2)16-10-8-14(9-11-16)12-17(20)18(21)22-13-15-6-4-3-5-7-15/h3-11,17,20H,12-13H2,1-2H3. The van der Waals surface area contributed by atoms with Crippen molar-refractivity contribution in [2.24, 2.45) is 0 Å². The molecule has 1 atom stereocenters. The molecule has 0 aliphatic heterocycles. The van der Waals surface area contributed by atoms with Gasteiger partial charge in [0.25, 0.3) is 0 Å². The van der Waals surface area contributed by atoms with Crippen LogP contribution in [0.1, 0.15) is 11.1 Å². The van der Waals surface area contributed by atoms with E-state index in [0.29, 0.717) is 0 Å². The minimum atomic E-state index is -1.14. The predicted octanol–water partition coefficient (Wildman–Crippen LogP) is 2.40. The number of aliphatic hydroxyl groups is 1. The van der Waals surface area contributed by atoms with E-state index in [0.717, 1.165) is 16.8 Å². The summed E-state index contributed by atoms with van der Waals surface area (Å²) in [7, 11) is 3.93. The molecule has 0 heterocycles. The highest BCUT2D eigenvalue weighted by molar-refractivity contribution is 5.74. The van der Waals surface area contributed by atoms with Crippen LogP contribution in [0.15, 0.2) is 54.6 Å². The van der Waals surface area contributed by atoms with E-state index in [1.54, 1.807) is 0 Å². The Labute approximate surface area is 131 Å². The average Bonchev–Trinajstić information content (AvgIpc) is 2.54. The first-order valence-electron chi connectivity index (χ1n) is 7.21. The minimum absolute atomic E-state index is 0.177. The largest absolute Gasteiger partial charge is 0.459 e. The van der Waals surface area contributed by atoms with Crippen molar-refractivity contribution in [3.63, 3.8) is 0 Å². The number of benzene rings is 2. The van der Waals surface area contributed by atoms with Crippen molar-refractivity contribution >= 4 is 11.7 Å². The van der Waals surface area contributed by atoms with Gasteiger partial charge in [-0.3, -0.25) is 0 Å². The van der Waals surface area contributed by atoms with Gasteiger partial charge in [-0.1, -0.05) is 42.5 Å². The lowest BCUT2D eigenvalue weighted by Crippen LogP contribution is -2.25. The third-order valence-electron chi connectivity index (χ3n) is 3.38. The number of rotatable bonds is 6. The van der Waals surface area contributed by atoms with Gasteiger partial charge in [0, 0.05) is 26.2 Å². The van der Waals surface area contributed by atoms with E-state index in [1.807, 2.05) is 73.6 Å². The van der Waals surface area contributed by atoms with Crippen LogP contribution in [-0.4, -0.2) is 31.3 Å². The number of aliphatic hydroxyl groups excluding tert-OH is 1. The summed E-state index contributed by atoms with van der Waals surface area (Å²) < 4.78 is 5.13. The molecular formula is C18H21NO3. The maximum Gasteiger partial charge on any atom is 0.335 e. The summed E-state index contributed by atoms with van der Waals surface area (Å²) in [6.07, 6.45) is -0.893. The van der Waals surface area contributed by atoms with Crippen LogP contribution in [0.5, 0.6) is 0 Å². The molecule has 2 aromatic carbocycles. The first-order chi connectivity index (χ1) is 10.6. The average molecular weight is 299 g/mol. The normalized spacial score (nSPS) is 11.8. The fraction of sp³-hybridized carbons (Fsp3) is 0.278. The van der Waals surface area contributed by atoms with Crippen LogP contribution in [0.4, 0.5) is 5.69 Å². The topological polar surface area (TPSA) is 49.8 Å². The lowest BCUT2D eigenvalue weighted by atomic mass is 10.1. The molecule has 4 heteroatoms. The monoisotopic (exact) mass is 299 g/mol. The van der Waals surface area contributed by atoms with Crippen molar-refractivity contribution in [1.29, 1.82) is 0 Å². The zero-order valence-corrected chi connectivity index (χ0v) is 12.9. The van der Waals surface area contributed by atoms with Crippen LogP contribution in [-0.2, 0) is 22.6 Å². The molecule has 0 saturated carbocycles.